The molecule has 0 amide bonds. The number of pyridine rings is 1. The van der Waals surface area contributed by atoms with Gasteiger partial charge in [0.1, 0.15) is 6.07 Å². The first-order chi connectivity index (χ1) is 8.22. The summed E-state index contributed by atoms with van der Waals surface area (Å²) in [7, 11) is 0. The number of rotatable bonds is 3. The zero-order valence-electron chi connectivity index (χ0n) is 9.66. The second-order valence-corrected chi connectivity index (χ2v) is 3.72. The van der Waals surface area contributed by atoms with Gasteiger partial charge in [0.15, 0.2) is 11.6 Å². The fraction of sp³-hybridized carbons (Fsp3) is 0.250. The summed E-state index contributed by atoms with van der Waals surface area (Å²) in [5, 5.41) is 8.94. The molecule has 0 saturated heterocycles. The molecule has 0 aliphatic carbocycles. The predicted octanol–water partition coefficient (Wildman–Crippen LogP) is 1.93. The van der Waals surface area contributed by atoms with Gasteiger partial charge in [-0.25, -0.2) is 9.97 Å². The molecule has 0 aliphatic heterocycles. The van der Waals surface area contributed by atoms with Crippen molar-refractivity contribution >= 4 is 0 Å². The number of hydrogen-bond acceptors (Lipinski definition) is 4. The van der Waals surface area contributed by atoms with E-state index in [1.54, 1.807) is 29.2 Å². The quantitative estimate of drug-likeness (QED) is 0.805. The van der Waals surface area contributed by atoms with Crippen molar-refractivity contribution < 1.29 is 4.74 Å². The van der Waals surface area contributed by atoms with Crippen LogP contribution in [0.3, 0.4) is 0 Å². The van der Waals surface area contributed by atoms with Gasteiger partial charge in [-0.2, -0.15) is 5.26 Å². The number of hydrogen-bond donors (Lipinski definition) is 0. The Morgan fingerprint density at radius 1 is 1.35 bits per heavy atom. The number of imidazole rings is 1. The van der Waals surface area contributed by atoms with Crippen LogP contribution in [0.25, 0.3) is 5.82 Å². The monoisotopic (exact) mass is 228 g/mol. The lowest BCUT2D eigenvalue weighted by molar-refractivity contribution is 0.241. The predicted molar refractivity (Wildman–Crippen MR) is 61.8 cm³/mol. The molecular formula is C12H12N4O. The lowest BCUT2D eigenvalue weighted by Crippen LogP contribution is -2.10. The average Bonchev–Trinajstić information content (AvgIpc) is 2.77. The van der Waals surface area contributed by atoms with Gasteiger partial charge in [0.05, 0.1) is 6.10 Å². The maximum Gasteiger partial charge on any atom is 0.218 e. The first-order valence-corrected chi connectivity index (χ1v) is 5.28. The van der Waals surface area contributed by atoms with Crippen LogP contribution in [0.4, 0.5) is 0 Å². The number of nitriles is 1. The van der Waals surface area contributed by atoms with Crippen molar-refractivity contribution in [1.82, 2.24) is 14.5 Å². The first-order valence-electron chi connectivity index (χ1n) is 5.28. The van der Waals surface area contributed by atoms with E-state index in [2.05, 4.69) is 9.97 Å². The maximum atomic E-state index is 8.94. The summed E-state index contributed by atoms with van der Waals surface area (Å²) in [4.78, 5) is 8.17. The fourth-order valence-electron chi connectivity index (χ4n) is 1.47. The standard InChI is InChI=1S/C12H12N4O/c1-9(2)17-10-4-3-5-15-12(10)16-7-6-14-11(16)8-13/h3-7,9H,1-2H3. The van der Waals surface area contributed by atoms with E-state index in [4.69, 9.17) is 10.00 Å². The van der Waals surface area contributed by atoms with E-state index in [-0.39, 0.29) is 11.9 Å². The van der Waals surface area contributed by atoms with Crippen LogP contribution >= 0.6 is 0 Å². The zero-order valence-corrected chi connectivity index (χ0v) is 9.66. The van der Waals surface area contributed by atoms with E-state index in [0.29, 0.717) is 11.6 Å². The minimum atomic E-state index is 0.0482. The van der Waals surface area contributed by atoms with Crippen LogP contribution < -0.4 is 4.74 Å². The molecule has 2 aromatic rings. The summed E-state index contributed by atoms with van der Waals surface area (Å²) in [6, 6.07) is 5.63. The molecule has 86 valence electrons. The molecule has 0 fully saturated rings. The molecule has 0 atom stereocenters. The van der Waals surface area contributed by atoms with E-state index in [1.807, 2.05) is 26.0 Å². The molecule has 2 rings (SSSR count). The van der Waals surface area contributed by atoms with E-state index >= 15 is 0 Å². The molecule has 2 heterocycles. The zero-order chi connectivity index (χ0) is 12.3. The molecule has 0 radical (unpaired) electrons. The normalized spacial score (nSPS) is 10.2. The summed E-state index contributed by atoms with van der Waals surface area (Å²) in [6.45, 7) is 3.88. The van der Waals surface area contributed by atoms with Gasteiger partial charge in [0.25, 0.3) is 0 Å². The number of nitrogens with zero attached hydrogens (tertiary/aromatic N) is 4. The van der Waals surface area contributed by atoms with Crippen molar-refractivity contribution in [2.45, 2.75) is 20.0 Å². The van der Waals surface area contributed by atoms with Crippen molar-refractivity contribution in [3.05, 3.63) is 36.5 Å². The Hall–Kier alpha value is -2.35. The van der Waals surface area contributed by atoms with Crippen LogP contribution in [0, 0.1) is 11.3 Å². The summed E-state index contributed by atoms with van der Waals surface area (Å²) < 4.78 is 7.26. The highest BCUT2D eigenvalue weighted by atomic mass is 16.5. The maximum absolute atomic E-state index is 8.94. The molecule has 0 bridgehead atoms. The molecule has 17 heavy (non-hydrogen) atoms. The van der Waals surface area contributed by atoms with E-state index < -0.39 is 0 Å². The second-order valence-electron chi connectivity index (χ2n) is 3.72. The summed E-state index contributed by atoms with van der Waals surface area (Å²) in [6.07, 6.45) is 4.96. The minimum Gasteiger partial charge on any atom is -0.487 e. The average molecular weight is 228 g/mol. The van der Waals surface area contributed by atoms with Gasteiger partial charge < -0.3 is 4.74 Å². The number of ether oxygens (including phenoxy) is 1. The van der Waals surface area contributed by atoms with Crippen molar-refractivity contribution in [2.24, 2.45) is 0 Å². The van der Waals surface area contributed by atoms with Gasteiger partial charge in [-0.1, -0.05) is 0 Å². The van der Waals surface area contributed by atoms with Gasteiger partial charge in [0, 0.05) is 18.6 Å². The highest BCUT2D eigenvalue weighted by Gasteiger charge is 2.11. The van der Waals surface area contributed by atoms with Gasteiger partial charge >= 0.3 is 0 Å². The summed E-state index contributed by atoms with van der Waals surface area (Å²) in [5.74, 6) is 1.50. The first kappa shape index (κ1) is 11.1. The molecular weight excluding hydrogens is 216 g/mol. The van der Waals surface area contributed by atoms with E-state index in [9.17, 15) is 0 Å². The van der Waals surface area contributed by atoms with E-state index in [0.717, 1.165) is 0 Å². The van der Waals surface area contributed by atoms with Crippen molar-refractivity contribution in [3.63, 3.8) is 0 Å². The molecule has 0 saturated carbocycles. The van der Waals surface area contributed by atoms with Gasteiger partial charge in [0.2, 0.25) is 5.82 Å². The lowest BCUT2D eigenvalue weighted by atomic mass is 10.4. The Bertz CT molecular complexity index is 554. The molecule has 0 aliphatic rings. The van der Waals surface area contributed by atoms with Crippen molar-refractivity contribution in [3.8, 4) is 17.6 Å². The molecule has 0 N–H and O–H groups in total. The van der Waals surface area contributed by atoms with Gasteiger partial charge in [-0.3, -0.25) is 4.57 Å². The number of aromatic nitrogens is 3. The third-order valence-corrected chi connectivity index (χ3v) is 2.08. The molecule has 0 aromatic carbocycles. The fourth-order valence-corrected chi connectivity index (χ4v) is 1.47. The van der Waals surface area contributed by atoms with Crippen molar-refractivity contribution in [1.29, 1.82) is 5.26 Å². The summed E-state index contributed by atoms with van der Waals surface area (Å²) >= 11 is 0. The Morgan fingerprint density at radius 2 is 2.18 bits per heavy atom. The molecule has 5 heteroatoms. The Balaban J connectivity index is 2.49. The van der Waals surface area contributed by atoms with Crippen LogP contribution in [0.15, 0.2) is 30.7 Å². The minimum absolute atomic E-state index is 0.0482. The largest absolute Gasteiger partial charge is 0.487 e. The SMILES string of the molecule is CC(C)Oc1cccnc1-n1ccnc1C#N. The van der Waals surface area contributed by atoms with Crippen LogP contribution in [-0.2, 0) is 0 Å². The van der Waals surface area contributed by atoms with Crippen LogP contribution in [0.2, 0.25) is 0 Å². The Kier molecular flexibility index (Phi) is 3.06. The molecule has 0 unspecified atom stereocenters. The third-order valence-electron chi connectivity index (χ3n) is 2.08. The van der Waals surface area contributed by atoms with E-state index in [1.165, 1.54) is 0 Å². The molecule has 2 aromatic heterocycles. The summed E-state index contributed by atoms with van der Waals surface area (Å²) in [5.41, 5.74) is 0. The lowest BCUT2D eigenvalue weighted by Gasteiger charge is -2.13. The Labute approximate surface area is 99.3 Å². The smallest absolute Gasteiger partial charge is 0.218 e. The Morgan fingerprint density at radius 3 is 2.88 bits per heavy atom. The third kappa shape index (κ3) is 2.26. The second kappa shape index (κ2) is 4.66. The van der Waals surface area contributed by atoms with Crippen LogP contribution in [0.5, 0.6) is 5.75 Å². The highest BCUT2D eigenvalue weighted by Crippen LogP contribution is 2.21. The molecule has 0 spiro atoms. The topological polar surface area (TPSA) is 63.7 Å². The molecule has 5 nitrogen and oxygen atoms in total. The van der Waals surface area contributed by atoms with Crippen molar-refractivity contribution in [2.75, 3.05) is 0 Å². The highest BCUT2D eigenvalue weighted by molar-refractivity contribution is 5.42. The van der Waals surface area contributed by atoms with Crippen LogP contribution in [0.1, 0.15) is 19.7 Å². The van der Waals surface area contributed by atoms with Gasteiger partial charge in [-0.15, -0.1) is 0 Å². The van der Waals surface area contributed by atoms with Crippen LogP contribution in [-0.4, -0.2) is 20.6 Å². The van der Waals surface area contributed by atoms with Gasteiger partial charge in [-0.05, 0) is 26.0 Å².